The SMILES string of the molecule is CCCCc1ccc2[nH]c(-c3ccc(C(C)C)cc3)c(CC(=O)O)c2c1. The Balaban J connectivity index is 2.09. The lowest BCUT2D eigenvalue weighted by Gasteiger charge is -2.08. The summed E-state index contributed by atoms with van der Waals surface area (Å²) in [6.45, 7) is 6.53. The molecule has 0 spiro atoms. The van der Waals surface area contributed by atoms with Gasteiger partial charge in [-0.2, -0.15) is 0 Å². The molecule has 0 aliphatic carbocycles. The average molecular weight is 349 g/mol. The third-order valence-corrected chi connectivity index (χ3v) is 4.98. The molecule has 3 aromatic rings. The molecule has 3 rings (SSSR count). The highest BCUT2D eigenvalue weighted by molar-refractivity contribution is 5.94. The number of carboxylic acid groups (broad SMARTS) is 1. The van der Waals surface area contributed by atoms with Crippen molar-refractivity contribution < 1.29 is 9.90 Å². The van der Waals surface area contributed by atoms with E-state index in [0.29, 0.717) is 5.92 Å². The summed E-state index contributed by atoms with van der Waals surface area (Å²) in [5.41, 5.74) is 6.40. The highest BCUT2D eigenvalue weighted by atomic mass is 16.4. The summed E-state index contributed by atoms with van der Waals surface area (Å²) in [5, 5.41) is 10.5. The molecule has 0 aliphatic heterocycles. The van der Waals surface area contributed by atoms with Crippen molar-refractivity contribution in [3.8, 4) is 11.3 Å². The minimum absolute atomic E-state index is 0.0263. The van der Waals surface area contributed by atoms with Crippen LogP contribution in [-0.2, 0) is 17.6 Å². The van der Waals surface area contributed by atoms with Crippen molar-refractivity contribution in [1.82, 2.24) is 4.98 Å². The molecule has 1 aromatic heterocycles. The second kappa shape index (κ2) is 7.77. The summed E-state index contributed by atoms with van der Waals surface area (Å²) in [6.07, 6.45) is 3.36. The van der Waals surface area contributed by atoms with E-state index in [2.05, 4.69) is 68.2 Å². The molecule has 0 fully saturated rings. The molecular formula is C23H27NO2. The van der Waals surface area contributed by atoms with Gasteiger partial charge in [0.1, 0.15) is 0 Å². The monoisotopic (exact) mass is 349 g/mol. The molecule has 2 N–H and O–H groups in total. The Morgan fingerprint density at radius 1 is 1.12 bits per heavy atom. The van der Waals surface area contributed by atoms with Crippen LogP contribution in [0.1, 0.15) is 56.2 Å². The fraction of sp³-hybridized carbons (Fsp3) is 0.348. The lowest BCUT2D eigenvalue weighted by molar-refractivity contribution is -0.136. The summed E-state index contributed by atoms with van der Waals surface area (Å²) < 4.78 is 0. The van der Waals surface area contributed by atoms with Crippen LogP contribution in [0.5, 0.6) is 0 Å². The van der Waals surface area contributed by atoms with Crippen LogP contribution in [0.15, 0.2) is 42.5 Å². The number of aromatic amines is 1. The molecule has 0 amide bonds. The van der Waals surface area contributed by atoms with Crippen LogP contribution in [0.2, 0.25) is 0 Å². The number of hydrogen-bond donors (Lipinski definition) is 2. The van der Waals surface area contributed by atoms with Crippen LogP contribution in [0.25, 0.3) is 22.2 Å². The number of aromatic nitrogens is 1. The first kappa shape index (κ1) is 18.2. The summed E-state index contributed by atoms with van der Waals surface area (Å²) in [7, 11) is 0. The van der Waals surface area contributed by atoms with E-state index in [0.717, 1.165) is 47.0 Å². The minimum Gasteiger partial charge on any atom is -0.481 e. The highest BCUT2D eigenvalue weighted by Crippen LogP contribution is 2.32. The van der Waals surface area contributed by atoms with Crippen molar-refractivity contribution in [3.63, 3.8) is 0 Å². The van der Waals surface area contributed by atoms with Crippen LogP contribution in [-0.4, -0.2) is 16.1 Å². The zero-order valence-corrected chi connectivity index (χ0v) is 15.8. The largest absolute Gasteiger partial charge is 0.481 e. The lowest BCUT2D eigenvalue weighted by atomic mass is 9.97. The van der Waals surface area contributed by atoms with Crippen LogP contribution in [0.4, 0.5) is 0 Å². The maximum absolute atomic E-state index is 11.5. The molecule has 0 aliphatic rings. The summed E-state index contributed by atoms with van der Waals surface area (Å²) >= 11 is 0. The maximum atomic E-state index is 11.5. The van der Waals surface area contributed by atoms with Gasteiger partial charge in [-0.3, -0.25) is 4.79 Å². The van der Waals surface area contributed by atoms with E-state index in [1.807, 2.05) is 0 Å². The fourth-order valence-electron chi connectivity index (χ4n) is 3.45. The van der Waals surface area contributed by atoms with Gasteiger partial charge in [0, 0.05) is 10.9 Å². The first-order chi connectivity index (χ1) is 12.5. The number of rotatable bonds is 7. The molecule has 0 saturated heterocycles. The summed E-state index contributed by atoms with van der Waals surface area (Å²) in [4.78, 5) is 14.9. The Kier molecular flexibility index (Phi) is 5.46. The average Bonchev–Trinajstić information content (AvgIpc) is 2.97. The first-order valence-electron chi connectivity index (χ1n) is 9.45. The number of fused-ring (bicyclic) bond motifs is 1. The van der Waals surface area contributed by atoms with Crippen molar-refractivity contribution in [2.24, 2.45) is 0 Å². The summed E-state index contributed by atoms with van der Waals surface area (Å²) in [5.74, 6) is -0.323. The number of unbranched alkanes of at least 4 members (excludes halogenated alkanes) is 1. The third kappa shape index (κ3) is 3.82. The van der Waals surface area contributed by atoms with Crippen molar-refractivity contribution >= 4 is 16.9 Å². The van der Waals surface area contributed by atoms with Crippen molar-refractivity contribution in [1.29, 1.82) is 0 Å². The minimum atomic E-state index is -0.801. The smallest absolute Gasteiger partial charge is 0.307 e. The third-order valence-electron chi connectivity index (χ3n) is 4.98. The quantitative estimate of drug-likeness (QED) is 0.555. The number of H-pyrrole nitrogens is 1. The Bertz CT molecular complexity index is 904. The van der Waals surface area contributed by atoms with Crippen molar-refractivity contribution in [3.05, 3.63) is 59.2 Å². The van der Waals surface area contributed by atoms with E-state index < -0.39 is 5.97 Å². The van der Waals surface area contributed by atoms with E-state index in [1.54, 1.807) is 0 Å². The molecule has 3 heteroatoms. The maximum Gasteiger partial charge on any atom is 0.307 e. The number of aryl methyl sites for hydroxylation is 1. The Labute approximate surface area is 155 Å². The van der Waals surface area contributed by atoms with E-state index in [-0.39, 0.29) is 6.42 Å². The molecule has 26 heavy (non-hydrogen) atoms. The second-order valence-corrected chi connectivity index (χ2v) is 7.31. The van der Waals surface area contributed by atoms with Crippen LogP contribution in [0.3, 0.4) is 0 Å². The predicted octanol–water partition coefficient (Wildman–Crippen LogP) is 5.93. The lowest BCUT2D eigenvalue weighted by Crippen LogP contribution is -2.01. The van der Waals surface area contributed by atoms with Crippen molar-refractivity contribution in [2.75, 3.05) is 0 Å². The normalized spacial score (nSPS) is 11.4. The van der Waals surface area contributed by atoms with Gasteiger partial charge in [-0.15, -0.1) is 0 Å². The number of carboxylic acids is 1. The molecule has 0 unspecified atom stereocenters. The van der Waals surface area contributed by atoms with Crippen LogP contribution in [0, 0.1) is 0 Å². The predicted molar refractivity (Wildman–Crippen MR) is 108 cm³/mol. The summed E-state index contributed by atoms with van der Waals surface area (Å²) in [6, 6.07) is 14.8. The Hall–Kier alpha value is -2.55. The molecule has 0 saturated carbocycles. The van der Waals surface area contributed by atoms with Gasteiger partial charge in [0.2, 0.25) is 0 Å². The topological polar surface area (TPSA) is 53.1 Å². The van der Waals surface area contributed by atoms with Gasteiger partial charge in [0.05, 0.1) is 12.1 Å². The zero-order valence-electron chi connectivity index (χ0n) is 15.8. The number of nitrogens with one attached hydrogen (secondary N) is 1. The second-order valence-electron chi connectivity index (χ2n) is 7.31. The number of carbonyl (C=O) groups is 1. The number of aliphatic carboxylic acids is 1. The van der Waals surface area contributed by atoms with E-state index in [9.17, 15) is 9.90 Å². The van der Waals surface area contributed by atoms with E-state index >= 15 is 0 Å². The standard InChI is InChI=1S/C23H27NO2/c1-4-5-6-16-7-12-21-19(13-16)20(14-22(25)26)23(24-21)18-10-8-17(9-11-18)15(2)3/h7-13,15,24H,4-6,14H2,1-3H3,(H,25,26). The molecule has 136 valence electrons. The van der Waals surface area contributed by atoms with Gasteiger partial charge >= 0.3 is 5.97 Å². The molecule has 0 atom stereocenters. The fourth-order valence-corrected chi connectivity index (χ4v) is 3.45. The molecule has 0 radical (unpaired) electrons. The van der Waals surface area contributed by atoms with E-state index in [1.165, 1.54) is 11.1 Å². The van der Waals surface area contributed by atoms with Gasteiger partial charge < -0.3 is 10.1 Å². The molecule has 1 heterocycles. The molecular weight excluding hydrogens is 322 g/mol. The first-order valence-corrected chi connectivity index (χ1v) is 9.45. The zero-order chi connectivity index (χ0) is 18.7. The number of hydrogen-bond acceptors (Lipinski definition) is 1. The Morgan fingerprint density at radius 3 is 2.46 bits per heavy atom. The van der Waals surface area contributed by atoms with Crippen molar-refractivity contribution in [2.45, 2.75) is 52.4 Å². The molecule has 0 bridgehead atoms. The Morgan fingerprint density at radius 2 is 1.85 bits per heavy atom. The van der Waals surface area contributed by atoms with Gasteiger partial charge in [0.15, 0.2) is 0 Å². The van der Waals surface area contributed by atoms with Gasteiger partial charge in [0.25, 0.3) is 0 Å². The number of benzene rings is 2. The van der Waals surface area contributed by atoms with Gasteiger partial charge in [-0.1, -0.05) is 57.5 Å². The van der Waals surface area contributed by atoms with E-state index in [4.69, 9.17) is 0 Å². The van der Waals surface area contributed by atoms with Crippen LogP contribution >= 0.6 is 0 Å². The molecule has 3 nitrogen and oxygen atoms in total. The molecule has 2 aromatic carbocycles. The highest BCUT2D eigenvalue weighted by Gasteiger charge is 2.16. The van der Waals surface area contributed by atoms with Gasteiger partial charge in [-0.05, 0) is 53.1 Å². The van der Waals surface area contributed by atoms with Gasteiger partial charge in [-0.25, -0.2) is 0 Å². The van der Waals surface area contributed by atoms with Crippen LogP contribution < -0.4 is 0 Å².